The number of nitrogens with two attached hydrogens (primary N) is 1. The molecule has 0 saturated heterocycles. The number of benzene rings is 1. The van der Waals surface area contributed by atoms with Gasteiger partial charge in [0.15, 0.2) is 11.4 Å². The van der Waals surface area contributed by atoms with Gasteiger partial charge in [0.2, 0.25) is 5.16 Å². The van der Waals surface area contributed by atoms with Crippen LogP contribution in [0.25, 0.3) is 11.1 Å². The molecule has 92 valence electrons. The summed E-state index contributed by atoms with van der Waals surface area (Å²) in [6.07, 6.45) is 0.734. The van der Waals surface area contributed by atoms with E-state index in [4.69, 9.17) is 10.3 Å². The first-order valence-electron chi connectivity index (χ1n) is 5.50. The Labute approximate surface area is 107 Å². The van der Waals surface area contributed by atoms with Crippen LogP contribution in [0.1, 0.15) is 12.7 Å². The van der Waals surface area contributed by atoms with Gasteiger partial charge in [0, 0.05) is 18.2 Å². The molecule has 18 heavy (non-hydrogen) atoms. The van der Waals surface area contributed by atoms with Crippen LogP contribution in [-0.2, 0) is 6.42 Å². The number of rotatable bonds is 3. The first-order chi connectivity index (χ1) is 8.78. The Hall–Kier alpha value is -2.02. The van der Waals surface area contributed by atoms with Gasteiger partial charge >= 0.3 is 0 Å². The highest BCUT2D eigenvalue weighted by atomic mass is 32.2. The Morgan fingerprint density at radius 2 is 2.17 bits per heavy atom. The van der Waals surface area contributed by atoms with E-state index in [9.17, 15) is 0 Å². The average Bonchev–Trinajstić information content (AvgIpc) is 2.94. The number of hydrogen-bond donors (Lipinski definition) is 1. The smallest absolute Gasteiger partial charge is 0.264 e. The molecule has 2 N–H and O–H groups in total. The van der Waals surface area contributed by atoms with Gasteiger partial charge < -0.3 is 10.3 Å². The summed E-state index contributed by atoms with van der Waals surface area (Å²) in [5, 5.41) is 9.06. The minimum absolute atomic E-state index is 0.512. The average molecular weight is 261 g/mol. The molecule has 0 atom stereocenters. The molecular formula is C11H11N5OS. The Morgan fingerprint density at radius 3 is 2.89 bits per heavy atom. The van der Waals surface area contributed by atoms with Gasteiger partial charge in [-0.15, -0.1) is 10.2 Å². The van der Waals surface area contributed by atoms with Gasteiger partial charge in [-0.1, -0.05) is 19.1 Å². The van der Waals surface area contributed by atoms with Crippen molar-refractivity contribution in [2.75, 3.05) is 5.84 Å². The van der Waals surface area contributed by atoms with E-state index in [2.05, 4.69) is 15.2 Å². The van der Waals surface area contributed by atoms with Crippen molar-refractivity contribution in [1.82, 2.24) is 19.9 Å². The monoisotopic (exact) mass is 261 g/mol. The number of nitrogens with zero attached hydrogens (tertiary/aromatic N) is 4. The number of aryl methyl sites for hydroxylation is 1. The fraction of sp³-hybridized carbons (Fsp3) is 0.182. The van der Waals surface area contributed by atoms with Gasteiger partial charge in [-0.25, -0.2) is 9.66 Å². The molecule has 0 aliphatic rings. The summed E-state index contributed by atoms with van der Waals surface area (Å²) in [6, 6.07) is 7.59. The predicted octanol–water partition coefficient (Wildman–Crippen LogP) is 1.85. The zero-order chi connectivity index (χ0) is 12.5. The summed E-state index contributed by atoms with van der Waals surface area (Å²) in [7, 11) is 0. The number of hydrogen-bond acceptors (Lipinski definition) is 6. The zero-order valence-corrected chi connectivity index (χ0v) is 10.5. The minimum atomic E-state index is 0.512. The highest BCUT2D eigenvalue weighted by Gasteiger charge is 2.13. The van der Waals surface area contributed by atoms with Crippen molar-refractivity contribution < 1.29 is 4.42 Å². The first-order valence-corrected chi connectivity index (χ1v) is 6.32. The van der Waals surface area contributed by atoms with Crippen LogP contribution in [0.5, 0.6) is 0 Å². The first kappa shape index (κ1) is 11.1. The molecule has 0 saturated carbocycles. The van der Waals surface area contributed by atoms with Crippen molar-refractivity contribution in [3.05, 3.63) is 30.1 Å². The quantitative estimate of drug-likeness (QED) is 0.724. The molecule has 2 heterocycles. The second-order valence-electron chi connectivity index (χ2n) is 3.67. The number of nitrogen functional groups attached to an aromatic ring is 1. The molecule has 7 heteroatoms. The summed E-state index contributed by atoms with van der Waals surface area (Å²) in [5.41, 5.74) is 1.57. The Bertz CT molecular complexity index is 657. The van der Waals surface area contributed by atoms with Crippen molar-refractivity contribution >= 4 is 22.9 Å². The largest absolute Gasteiger partial charge is 0.431 e. The maximum absolute atomic E-state index is 5.86. The Kier molecular flexibility index (Phi) is 2.67. The highest BCUT2D eigenvalue weighted by molar-refractivity contribution is 7.99. The molecule has 0 amide bonds. The van der Waals surface area contributed by atoms with E-state index in [-0.39, 0.29) is 0 Å². The summed E-state index contributed by atoms with van der Waals surface area (Å²) < 4.78 is 7.04. The van der Waals surface area contributed by atoms with E-state index in [0.29, 0.717) is 10.4 Å². The van der Waals surface area contributed by atoms with E-state index in [0.717, 1.165) is 23.3 Å². The van der Waals surface area contributed by atoms with Crippen molar-refractivity contribution in [2.24, 2.45) is 0 Å². The van der Waals surface area contributed by atoms with Crippen molar-refractivity contribution in [1.29, 1.82) is 0 Å². The van der Waals surface area contributed by atoms with Gasteiger partial charge in [0.1, 0.15) is 5.52 Å². The van der Waals surface area contributed by atoms with Crippen LogP contribution < -0.4 is 5.84 Å². The molecule has 2 aromatic heterocycles. The molecule has 0 bridgehead atoms. The van der Waals surface area contributed by atoms with Crippen LogP contribution in [0, 0.1) is 0 Å². The number of oxazole rings is 1. The molecule has 0 aliphatic heterocycles. The molecular weight excluding hydrogens is 250 g/mol. The number of para-hydroxylation sites is 2. The zero-order valence-electron chi connectivity index (χ0n) is 9.70. The summed E-state index contributed by atoms with van der Waals surface area (Å²) in [5.74, 6) is 6.59. The molecule has 3 aromatic rings. The number of fused-ring (bicyclic) bond motifs is 1. The van der Waals surface area contributed by atoms with Crippen molar-refractivity contribution in [3.8, 4) is 0 Å². The van der Waals surface area contributed by atoms with Gasteiger partial charge in [-0.3, -0.25) is 0 Å². The molecule has 0 aliphatic carbocycles. The van der Waals surface area contributed by atoms with Crippen LogP contribution >= 0.6 is 11.8 Å². The Balaban J connectivity index is 1.93. The molecule has 0 radical (unpaired) electrons. The van der Waals surface area contributed by atoms with Gasteiger partial charge in [-0.05, 0) is 12.1 Å². The van der Waals surface area contributed by atoms with E-state index < -0.39 is 0 Å². The van der Waals surface area contributed by atoms with E-state index in [1.54, 1.807) is 0 Å². The maximum atomic E-state index is 5.86. The summed E-state index contributed by atoms with van der Waals surface area (Å²) in [6.45, 7) is 1.97. The summed E-state index contributed by atoms with van der Waals surface area (Å²) >= 11 is 1.26. The van der Waals surface area contributed by atoms with Crippen molar-refractivity contribution in [2.45, 2.75) is 23.7 Å². The maximum Gasteiger partial charge on any atom is 0.264 e. The third-order valence-corrected chi connectivity index (χ3v) is 3.31. The lowest BCUT2D eigenvalue weighted by molar-refractivity contribution is 0.488. The molecule has 1 aromatic carbocycles. The number of aromatic nitrogens is 4. The van der Waals surface area contributed by atoms with Crippen molar-refractivity contribution in [3.63, 3.8) is 0 Å². The normalized spacial score (nSPS) is 11.2. The van der Waals surface area contributed by atoms with E-state index in [1.807, 2.05) is 31.2 Å². The molecule has 0 spiro atoms. The van der Waals surface area contributed by atoms with Crippen LogP contribution in [-0.4, -0.2) is 19.9 Å². The molecule has 0 unspecified atom stereocenters. The molecule has 0 fully saturated rings. The van der Waals surface area contributed by atoms with Crippen LogP contribution in [0.4, 0.5) is 0 Å². The van der Waals surface area contributed by atoms with E-state index in [1.165, 1.54) is 16.4 Å². The molecule has 3 rings (SSSR count). The minimum Gasteiger partial charge on any atom is -0.431 e. The SMILES string of the molecule is CCc1nnc(Sc2nc3ccccc3o2)n1N. The Morgan fingerprint density at radius 1 is 1.33 bits per heavy atom. The fourth-order valence-electron chi connectivity index (χ4n) is 1.59. The van der Waals surface area contributed by atoms with Gasteiger partial charge in [0.05, 0.1) is 0 Å². The summed E-state index contributed by atoms with van der Waals surface area (Å²) in [4.78, 5) is 4.34. The highest BCUT2D eigenvalue weighted by Crippen LogP contribution is 2.28. The second-order valence-corrected chi connectivity index (χ2v) is 4.59. The van der Waals surface area contributed by atoms with Gasteiger partial charge in [-0.2, -0.15) is 0 Å². The lowest BCUT2D eigenvalue weighted by Gasteiger charge is -1.98. The lowest BCUT2D eigenvalue weighted by Crippen LogP contribution is -2.13. The second kappa shape index (κ2) is 4.34. The third-order valence-electron chi connectivity index (χ3n) is 2.50. The lowest BCUT2D eigenvalue weighted by atomic mass is 10.3. The van der Waals surface area contributed by atoms with Crippen LogP contribution in [0.15, 0.2) is 39.1 Å². The van der Waals surface area contributed by atoms with Gasteiger partial charge in [0.25, 0.3) is 5.22 Å². The standard InChI is InChI=1S/C11H11N5OS/c1-2-9-14-15-10(16(9)12)18-11-13-7-5-3-4-6-8(7)17-11/h3-6H,2,12H2,1H3. The van der Waals surface area contributed by atoms with Crippen LogP contribution in [0.2, 0.25) is 0 Å². The van der Waals surface area contributed by atoms with Crippen LogP contribution in [0.3, 0.4) is 0 Å². The van der Waals surface area contributed by atoms with E-state index >= 15 is 0 Å². The third kappa shape index (κ3) is 1.82. The fourth-order valence-corrected chi connectivity index (χ4v) is 2.31. The predicted molar refractivity (Wildman–Crippen MR) is 67.7 cm³/mol. The molecule has 6 nitrogen and oxygen atoms in total. The topological polar surface area (TPSA) is 82.8 Å².